The Kier molecular flexibility index (Phi) is 7.70. The van der Waals surface area contributed by atoms with E-state index in [9.17, 15) is 4.79 Å². The van der Waals surface area contributed by atoms with Gasteiger partial charge in [-0.15, -0.1) is 0 Å². The average Bonchev–Trinajstić information content (AvgIpc) is 2.50. The van der Waals surface area contributed by atoms with Crippen molar-refractivity contribution >= 4 is 28.8 Å². The number of rotatable bonds is 7. The number of carbonyl (C=O) groups is 1. The number of Topliss-reactive ketones (excluding diaryl/α,β-unsaturated/α-hetero) is 1. The lowest BCUT2D eigenvalue weighted by atomic mass is 9.88. The van der Waals surface area contributed by atoms with Crippen LogP contribution in [0, 0.1) is 16.7 Å². The van der Waals surface area contributed by atoms with Gasteiger partial charge in [-0.1, -0.05) is 39.3 Å². The molecule has 0 fully saturated rings. The van der Waals surface area contributed by atoms with Gasteiger partial charge in [-0.2, -0.15) is 5.26 Å². The van der Waals surface area contributed by atoms with Crippen LogP contribution in [-0.4, -0.2) is 17.4 Å². The number of hydrogen-bond acceptors (Lipinski definition) is 3. The molecule has 124 valence electrons. The zero-order valence-electron chi connectivity index (χ0n) is 14.1. The van der Waals surface area contributed by atoms with Crippen LogP contribution in [0.4, 0.5) is 5.69 Å². The fraction of sp³-hybridized carbons (Fsp3) is 0.500. The fourth-order valence-corrected chi connectivity index (χ4v) is 2.23. The van der Waals surface area contributed by atoms with Crippen LogP contribution in [0.1, 0.15) is 52.0 Å². The lowest BCUT2D eigenvalue weighted by Crippen LogP contribution is -2.29. The Morgan fingerprint density at radius 2 is 1.91 bits per heavy atom. The SMILES string of the molecule is CC(C)(C)C(=O)CCCCCNC(=S)Nc1ccccc1C#N. The second kappa shape index (κ2) is 9.26. The lowest BCUT2D eigenvalue weighted by molar-refractivity contribution is -0.126. The molecule has 1 rings (SSSR count). The van der Waals surface area contributed by atoms with E-state index >= 15 is 0 Å². The van der Waals surface area contributed by atoms with E-state index in [4.69, 9.17) is 17.5 Å². The number of ketones is 1. The van der Waals surface area contributed by atoms with Gasteiger partial charge in [-0.25, -0.2) is 0 Å². The molecule has 5 heteroatoms. The van der Waals surface area contributed by atoms with Crippen LogP contribution in [0.2, 0.25) is 0 Å². The monoisotopic (exact) mass is 331 g/mol. The summed E-state index contributed by atoms with van der Waals surface area (Å²) in [6, 6.07) is 9.37. The number of nitrogens with zero attached hydrogens (tertiary/aromatic N) is 1. The number of hydrogen-bond donors (Lipinski definition) is 2. The highest BCUT2D eigenvalue weighted by Crippen LogP contribution is 2.18. The van der Waals surface area contributed by atoms with E-state index in [0.717, 1.165) is 25.8 Å². The van der Waals surface area contributed by atoms with Gasteiger partial charge in [0.2, 0.25) is 0 Å². The van der Waals surface area contributed by atoms with Crippen molar-refractivity contribution in [3.8, 4) is 6.07 Å². The molecule has 1 aromatic rings. The largest absolute Gasteiger partial charge is 0.362 e. The molecule has 0 heterocycles. The van der Waals surface area contributed by atoms with Crippen LogP contribution in [0.5, 0.6) is 0 Å². The molecule has 0 saturated heterocycles. The highest BCUT2D eigenvalue weighted by molar-refractivity contribution is 7.80. The third-order valence-electron chi connectivity index (χ3n) is 3.50. The normalized spacial score (nSPS) is 10.7. The Balaban J connectivity index is 2.20. The first-order chi connectivity index (χ1) is 10.8. The molecule has 0 spiro atoms. The van der Waals surface area contributed by atoms with Crippen molar-refractivity contribution in [2.45, 2.75) is 46.5 Å². The summed E-state index contributed by atoms with van der Waals surface area (Å²) in [6.45, 7) is 6.63. The van der Waals surface area contributed by atoms with Crippen LogP contribution < -0.4 is 10.6 Å². The van der Waals surface area contributed by atoms with Crippen LogP contribution in [0.3, 0.4) is 0 Å². The quantitative estimate of drug-likeness (QED) is 0.583. The standard InChI is InChI=1S/C18H25N3OS/c1-18(2,3)16(22)11-5-4-8-12-20-17(23)21-15-10-7-6-9-14(15)13-19/h6-7,9-10H,4-5,8,11-12H2,1-3H3,(H2,20,21,23). The zero-order chi connectivity index (χ0) is 17.3. The molecule has 0 bridgehead atoms. The van der Waals surface area contributed by atoms with Crippen LogP contribution in [-0.2, 0) is 4.79 Å². The summed E-state index contributed by atoms with van der Waals surface area (Å²) in [5, 5.41) is 15.7. The van der Waals surface area contributed by atoms with Crippen molar-refractivity contribution in [3.63, 3.8) is 0 Å². The number of anilines is 1. The summed E-state index contributed by atoms with van der Waals surface area (Å²) in [4.78, 5) is 11.8. The molecular weight excluding hydrogens is 306 g/mol. The minimum absolute atomic E-state index is 0.238. The smallest absolute Gasteiger partial charge is 0.170 e. The van der Waals surface area contributed by atoms with Crippen LogP contribution in [0.15, 0.2) is 24.3 Å². The first kappa shape index (κ1) is 19.1. The molecule has 0 radical (unpaired) electrons. The van der Waals surface area contributed by atoms with Gasteiger partial charge in [0.1, 0.15) is 11.9 Å². The van der Waals surface area contributed by atoms with Gasteiger partial charge in [0.25, 0.3) is 0 Å². The lowest BCUT2D eigenvalue weighted by Gasteiger charge is -2.16. The topological polar surface area (TPSA) is 64.9 Å². The Labute approximate surface area is 144 Å². The second-order valence-electron chi connectivity index (χ2n) is 6.52. The maximum Gasteiger partial charge on any atom is 0.170 e. The third-order valence-corrected chi connectivity index (χ3v) is 3.74. The minimum atomic E-state index is -0.238. The summed E-state index contributed by atoms with van der Waals surface area (Å²) in [5.41, 5.74) is 1.04. The molecule has 23 heavy (non-hydrogen) atoms. The molecular formula is C18H25N3OS. The highest BCUT2D eigenvalue weighted by atomic mass is 32.1. The first-order valence-electron chi connectivity index (χ1n) is 7.92. The Morgan fingerprint density at radius 1 is 1.22 bits per heavy atom. The number of para-hydroxylation sites is 1. The Bertz CT molecular complexity index is 585. The number of nitrogens with one attached hydrogen (secondary N) is 2. The molecule has 0 aromatic heterocycles. The van der Waals surface area contributed by atoms with Gasteiger partial charge in [0, 0.05) is 18.4 Å². The zero-order valence-corrected chi connectivity index (χ0v) is 14.9. The van der Waals surface area contributed by atoms with Crippen molar-refractivity contribution in [2.24, 2.45) is 5.41 Å². The van der Waals surface area contributed by atoms with Gasteiger partial charge in [0.15, 0.2) is 5.11 Å². The number of benzene rings is 1. The predicted molar refractivity (Wildman–Crippen MR) is 98.3 cm³/mol. The second-order valence-corrected chi connectivity index (χ2v) is 6.93. The molecule has 0 unspecified atom stereocenters. The summed E-state index contributed by atoms with van der Waals surface area (Å²) in [7, 11) is 0. The maximum atomic E-state index is 11.8. The van der Waals surface area contributed by atoms with E-state index in [1.54, 1.807) is 6.07 Å². The number of unbranched alkanes of at least 4 members (excludes halogenated alkanes) is 2. The molecule has 0 aliphatic carbocycles. The van der Waals surface area contributed by atoms with E-state index in [2.05, 4.69) is 16.7 Å². The van der Waals surface area contributed by atoms with Crippen LogP contribution in [0.25, 0.3) is 0 Å². The van der Waals surface area contributed by atoms with Gasteiger partial charge in [-0.3, -0.25) is 4.79 Å². The summed E-state index contributed by atoms with van der Waals surface area (Å²) in [5.74, 6) is 0.316. The van der Waals surface area contributed by atoms with E-state index in [-0.39, 0.29) is 5.41 Å². The van der Waals surface area contributed by atoms with Gasteiger partial charge in [-0.05, 0) is 37.2 Å². The molecule has 0 saturated carbocycles. The van der Waals surface area contributed by atoms with E-state index in [1.807, 2.05) is 39.0 Å². The summed E-state index contributed by atoms with van der Waals surface area (Å²) < 4.78 is 0. The van der Waals surface area contributed by atoms with Crippen LogP contribution >= 0.6 is 12.2 Å². The molecule has 2 N–H and O–H groups in total. The maximum absolute atomic E-state index is 11.8. The molecule has 0 atom stereocenters. The van der Waals surface area contributed by atoms with Gasteiger partial charge < -0.3 is 10.6 Å². The summed E-state index contributed by atoms with van der Waals surface area (Å²) in [6.07, 6.45) is 3.50. The van der Waals surface area contributed by atoms with Crippen molar-refractivity contribution in [1.82, 2.24) is 5.32 Å². The Hall–Kier alpha value is -1.93. The van der Waals surface area contributed by atoms with Crippen molar-refractivity contribution in [2.75, 3.05) is 11.9 Å². The third kappa shape index (κ3) is 7.25. The van der Waals surface area contributed by atoms with E-state index in [1.165, 1.54) is 0 Å². The first-order valence-corrected chi connectivity index (χ1v) is 8.32. The molecule has 0 aliphatic heterocycles. The van der Waals surface area contributed by atoms with Crippen molar-refractivity contribution < 1.29 is 4.79 Å². The molecule has 0 amide bonds. The molecule has 1 aromatic carbocycles. The Morgan fingerprint density at radius 3 is 2.57 bits per heavy atom. The average molecular weight is 331 g/mol. The molecule has 4 nitrogen and oxygen atoms in total. The van der Waals surface area contributed by atoms with E-state index < -0.39 is 0 Å². The van der Waals surface area contributed by atoms with Crippen molar-refractivity contribution in [1.29, 1.82) is 5.26 Å². The fourth-order valence-electron chi connectivity index (χ4n) is 2.02. The number of thiocarbonyl (C=S) groups is 1. The van der Waals surface area contributed by atoms with E-state index in [0.29, 0.717) is 28.6 Å². The van der Waals surface area contributed by atoms with Gasteiger partial charge in [0.05, 0.1) is 11.3 Å². The summed E-state index contributed by atoms with van der Waals surface area (Å²) >= 11 is 5.23. The number of carbonyl (C=O) groups excluding carboxylic acids is 1. The van der Waals surface area contributed by atoms with Crippen molar-refractivity contribution in [3.05, 3.63) is 29.8 Å². The van der Waals surface area contributed by atoms with Gasteiger partial charge >= 0.3 is 0 Å². The number of nitriles is 1. The highest BCUT2D eigenvalue weighted by Gasteiger charge is 2.19. The predicted octanol–water partition coefficient (Wildman–Crippen LogP) is 4.02. The minimum Gasteiger partial charge on any atom is -0.362 e. The molecule has 0 aliphatic rings.